The Morgan fingerprint density at radius 2 is 1.70 bits per heavy atom. The normalized spacial score (nSPS) is 20.0. The van der Waals surface area contributed by atoms with Crippen molar-refractivity contribution in [2.75, 3.05) is 39.3 Å². The zero-order valence-electron chi connectivity index (χ0n) is 22.1. The van der Waals surface area contributed by atoms with Crippen molar-refractivity contribution < 1.29 is 9.59 Å². The Morgan fingerprint density at radius 1 is 1.00 bits per heavy atom. The molecule has 2 fully saturated rings. The highest BCUT2D eigenvalue weighted by Crippen LogP contribution is 2.24. The molecule has 3 aliphatic rings. The second-order valence-corrected chi connectivity index (χ2v) is 10.9. The minimum Gasteiger partial charge on any atom is -0.349 e. The highest BCUT2D eigenvalue weighted by atomic mass is 16.2. The Labute approximate surface area is 220 Å². The van der Waals surface area contributed by atoms with E-state index in [1.165, 1.54) is 36.7 Å². The van der Waals surface area contributed by atoms with Crippen molar-refractivity contribution in [3.63, 3.8) is 0 Å². The molecular weight excluding hydrogens is 464 g/mol. The fourth-order valence-electron chi connectivity index (χ4n) is 6.11. The molecule has 8 heteroatoms. The first-order valence-electron chi connectivity index (χ1n) is 13.9. The first-order valence-corrected chi connectivity index (χ1v) is 13.9. The molecule has 0 spiro atoms. The van der Waals surface area contributed by atoms with Gasteiger partial charge in [-0.15, -0.1) is 0 Å². The molecule has 1 aromatic heterocycles. The van der Waals surface area contributed by atoms with Gasteiger partial charge in [-0.3, -0.25) is 19.4 Å². The van der Waals surface area contributed by atoms with Gasteiger partial charge in [-0.25, -0.2) is 9.97 Å². The maximum atomic E-state index is 13.1. The number of aromatic nitrogens is 2. The number of benzene rings is 1. The first kappa shape index (κ1) is 25.8. The topological polar surface area (TPSA) is 81.7 Å². The summed E-state index contributed by atoms with van der Waals surface area (Å²) >= 11 is 0. The lowest BCUT2D eigenvalue weighted by Gasteiger charge is -2.36. The first-order chi connectivity index (χ1) is 18.0. The Morgan fingerprint density at radius 3 is 2.38 bits per heavy atom. The summed E-state index contributed by atoms with van der Waals surface area (Å²) < 4.78 is 0. The predicted molar refractivity (Wildman–Crippen MR) is 143 cm³/mol. The number of rotatable bonds is 8. The molecule has 0 radical (unpaired) electrons. The Kier molecular flexibility index (Phi) is 8.46. The van der Waals surface area contributed by atoms with E-state index in [2.05, 4.69) is 49.4 Å². The Bertz CT molecular complexity index is 1050. The van der Waals surface area contributed by atoms with Gasteiger partial charge >= 0.3 is 0 Å². The minimum absolute atomic E-state index is 0.123. The lowest BCUT2D eigenvalue weighted by atomic mass is 9.92. The lowest BCUT2D eigenvalue weighted by molar-refractivity contribution is -0.130. The molecule has 2 aromatic rings. The van der Waals surface area contributed by atoms with Gasteiger partial charge in [-0.2, -0.15) is 0 Å². The van der Waals surface area contributed by atoms with Gasteiger partial charge in [0, 0.05) is 57.9 Å². The van der Waals surface area contributed by atoms with Crippen molar-refractivity contribution in [3.05, 3.63) is 59.2 Å². The maximum absolute atomic E-state index is 13.1. The molecule has 8 nitrogen and oxygen atoms in total. The van der Waals surface area contributed by atoms with Gasteiger partial charge in [0.1, 0.15) is 12.0 Å². The van der Waals surface area contributed by atoms with Gasteiger partial charge in [0.2, 0.25) is 5.91 Å². The number of nitrogens with zero attached hydrogens (tertiary/aromatic N) is 5. The Balaban J connectivity index is 1.17. The van der Waals surface area contributed by atoms with Gasteiger partial charge in [0.05, 0.1) is 0 Å². The lowest BCUT2D eigenvalue weighted by Crippen LogP contribution is -2.51. The third-order valence-electron chi connectivity index (χ3n) is 8.29. The molecule has 3 aliphatic heterocycles. The van der Waals surface area contributed by atoms with Crippen LogP contribution in [0.2, 0.25) is 0 Å². The van der Waals surface area contributed by atoms with Crippen LogP contribution in [0.1, 0.15) is 66.3 Å². The van der Waals surface area contributed by atoms with Crippen LogP contribution in [0.15, 0.2) is 36.7 Å². The summed E-state index contributed by atoms with van der Waals surface area (Å²) in [6, 6.07) is 10.8. The van der Waals surface area contributed by atoms with Crippen LogP contribution in [0.3, 0.4) is 0 Å². The number of likely N-dealkylation sites (tertiary alicyclic amines) is 2. The van der Waals surface area contributed by atoms with E-state index in [1.54, 1.807) is 6.92 Å². The van der Waals surface area contributed by atoms with Gasteiger partial charge < -0.3 is 10.2 Å². The SMILES string of the molecule is CC(=O)N1CCC(Cc2cc(C(=O)NC[C@@H](CN3Cc4ccccc4C3)N3CCCCC3)ncn2)CC1. The second-order valence-electron chi connectivity index (χ2n) is 10.9. The zero-order valence-corrected chi connectivity index (χ0v) is 22.1. The van der Waals surface area contributed by atoms with E-state index in [9.17, 15) is 9.59 Å². The smallest absolute Gasteiger partial charge is 0.270 e. The van der Waals surface area contributed by atoms with Gasteiger partial charge in [-0.1, -0.05) is 30.7 Å². The quantitative estimate of drug-likeness (QED) is 0.596. The van der Waals surface area contributed by atoms with Gasteiger partial charge in [-0.05, 0) is 68.3 Å². The molecule has 4 heterocycles. The monoisotopic (exact) mass is 504 g/mol. The van der Waals surface area contributed by atoms with E-state index < -0.39 is 0 Å². The number of piperidine rings is 2. The van der Waals surface area contributed by atoms with Crippen LogP contribution in [0.5, 0.6) is 0 Å². The fourth-order valence-corrected chi connectivity index (χ4v) is 6.11. The molecule has 0 unspecified atom stereocenters. The highest BCUT2D eigenvalue weighted by Gasteiger charge is 2.27. The average molecular weight is 505 g/mol. The van der Waals surface area contributed by atoms with Crippen molar-refractivity contribution in [1.29, 1.82) is 0 Å². The molecule has 1 aromatic carbocycles. The molecule has 1 atom stereocenters. The molecule has 1 N–H and O–H groups in total. The summed E-state index contributed by atoms with van der Waals surface area (Å²) in [4.78, 5) is 40.4. The second kappa shape index (κ2) is 12.1. The van der Waals surface area contributed by atoms with E-state index in [-0.39, 0.29) is 17.9 Å². The van der Waals surface area contributed by atoms with Crippen molar-refractivity contribution in [3.8, 4) is 0 Å². The predicted octanol–water partition coefficient (Wildman–Crippen LogP) is 2.88. The van der Waals surface area contributed by atoms with E-state index in [1.807, 2.05) is 11.0 Å². The Hall–Kier alpha value is -2.84. The molecule has 198 valence electrons. The van der Waals surface area contributed by atoms with Crippen LogP contribution >= 0.6 is 0 Å². The van der Waals surface area contributed by atoms with Crippen molar-refractivity contribution in [2.45, 2.75) is 64.6 Å². The molecule has 0 bridgehead atoms. The number of fused-ring (bicyclic) bond motifs is 1. The third kappa shape index (κ3) is 6.73. The van der Waals surface area contributed by atoms with Crippen LogP contribution in [0.4, 0.5) is 0 Å². The number of amides is 2. The summed E-state index contributed by atoms with van der Waals surface area (Å²) in [5.41, 5.74) is 4.19. The van der Waals surface area contributed by atoms with Crippen molar-refractivity contribution >= 4 is 11.8 Å². The molecule has 0 aliphatic carbocycles. The summed E-state index contributed by atoms with van der Waals surface area (Å²) in [7, 11) is 0. The van der Waals surface area contributed by atoms with Crippen LogP contribution in [-0.4, -0.2) is 81.8 Å². The zero-order chi connectivity index (χ0) is 25.6. The van der Waals surface area contributed by atoms with Crippen LogP contribution in [0, 0.1) is 5.92 Å². The van der Waals surface area contributed by atoms with Crippen LogP contribution < -0.4 is 5.32 Å². The average Bonchev–Trinajstić information content (AvgIpc) is 3.34. The summed E-state index contributed by atoms with van der Waals surface area (Å²) in [5, 5.41) is 3.20. The van der Waals surface area contributed by atoms with E-state index in [0.717, 1.165) is 70.8 Å². The number of hydrogen-bond donors (Lipinski definition) is 1. The van der Waals surface area contributed by atoms with Gasteiger partial charge in [0.15, 0.2) is 0 Å². The highest BCUT2D eigenvalue weighted by molar-refractivity contribution is 5.92. The van der Waals surface area contributed by atoms with E-state index >= 15 is 0 Å². The van der Waals surface area contributed by atoms with Gasteiger partial charge in [0.25, 0.3) is 5.91 Å². The number of carbonyl (C=O) groups is 2. The molecular formula is C29H40N6O2. The largest absolute Gasteiger partial charge is 0.349 e. The summed E-state index contributed by atoms with van der Waals surface area (Å²) in [6.45, 7) is 8.97. The number of nitrogens with one attached hydrogen (secondary N) is 1. The maximum Gasteiger partial charge on any atom is 0.270 e. The van der Waals surface area contributed by atoms with Crippen LogP contribution in [0.25, 0.3) is 0 Å². The number of carbonyl (C=O) groups excluding carboxylic acids is 2. The van der Waals surface area contributed by atoms with Crippen molar-refractivity contribution in [1.82, 2.24) is 30.0 Å². The summed E-state index contributed by atoms with van der Waals surface area (Å²) in [6.07, 6.45) is 8.03. The molecule has 0 saturated carbocycles. The summed E-state index contributed by atoms with van der Waals surface area (Å²) in [5.74, 6) is 0.507. The molecule has 2 saturated heterocycles. The minimum atomic E-state index is -0.123. The standard InChI is InChI=1S/C29H40N6O2/c1-22(36)34-13-9-23(10-14-34)15-26-16-28(32-21-31-26)29(37)30-17-27(35-11-5-2-6-12-35)20-33-18-24-7-3-4-8-25(24)19-33/h3-4,7-8,16,21,23,27H,2,5-6,9-15,17-20H2,1H3,(H,30,37)/t27-/m0/s1. The molecule has 5 rings (SSSR count). The van der Waals surface area contributed by atoms with Crippen LogP contribution in [-0.2, 0) is 24.3 Å². The van der Waals surface area contributed by atoms with E-state index in [4.69, 9.17) is 0 Å². The molecule has 2 amide bonds. The van der Waals surface area contributed by atoms with Crippen molar-refractivity contribution in [2.24, 2.45) is 5.92 Å². The van der Waals surface area contributed by atoms with E-state index in [0.29, 0.717) is 18.2 Å². The third-order valence-corrected chi connectivity index (χ3v) is 8.29. The fraction of sp³-hybridized carbons (Fsp3) is 0.586. The number of hydrogen-bond acceptors (Lipinski definition) is 6. The molecule has 37 heavy (non-hydrogen) atoms.